The average Bonchev–Trinajstić information content (AvgIpc) is 2.21. The summed E-state index contributed by atoms with van der Waals surface area (Å²) in [6.07, 6.45) is -0.414. The van der Waals surface area contributed by atoms with Gasteiger partial charge < -0.3 is 15.4 Å². The summed E-state index contributed by atoms with van der Waals surface area (Å²) >= 11 is 0. The second-order valence-corrected chi connectivity index (χ2v) is 3.49. The van der Waals surface area contributed by atoms with Gasteiger partial charge in [0.2, 0.25) is 0 Å². The van der Waals surface area contributed by atoms with E-state index in [1.807, 2.05) is 25.1 Å². The van der Waals surface area contributed by atoms with Crippen molar-refractivity contribution in [2.45, 2.75) is 20.0 Å². The minimum Gasteiger partial charge on any atom is -0.479 e. The molecular formula is C11H14N2O2. The Labute approximate surface area is 88.6 Å². The Morgan fingerprint density at radius 3 is 3.07 bits per heavy atom. The zero-order chi connectivity index (χ0) is 10.8. The van der Waals surface area contributed by atoms with E-state index in [1.165, 1.54) is 0 Å². The van der Waals surface area contributed by atoms with E-state index in [1.54, 1.807) is 6.92 Å². The van der Waals surface area contributed by atoms with E-state index in [9.17, 15) is 4.79 Å². The first-order valence-electron chi connectivity index (χ1n) is 5.06. The standard InChI is InChI=1S/C11H14N2O2/c1-3-12-8-4-5-10-9(6-8)13-11(14)7(2)15-10/h4-7,12H,3H2,1-2H3,(H,13,14). The molecule has 4 heteroatoms. The van der Waals surface area contributed by atoms with Gasteiger partial charge in [-0.25, -0.2) is 0 Å². The molecule has 15 heavy (non-hydrogen) atoms. The van der Waals surface area contributed by atoms with Crippen LogP contribution in [0.15, 0.2) is 18.2 Å². The molecule has 2 N–H and O–H groups in total. The van der Waals surface area contributed by atoms with Gasteiger partial charge in [-0.1, -0.05) is 0 Å². The average molecular weight is 206 g/mol. The van der Waals surface area contributed by atoms with E-state index in [4.69, 9.17) is 4.74 Å². The third-order valence-corrected chi connectivity index (χ3v) is 2.29. The fourth-order valence-corrected chi connectivity index (χ4v) is 1.52. The maximum Gasteiger partial charge on any atom is 0.265 e. The van der Waals surface area contributed by atoms with Crippen molar-refractivity contribution in [3.63, 3.8) is 0 Å². The van der Waals surface area contributed by atoms with Crippen molar-refractivity contribution in [3.8, 4) is 5.75 Å². The summed E-state index contributed by atoms with van der Waals surface area (Å²) < 4.78 is 5.44. The molecular weight excluding hydrogens is 192 g/mol. The summed E-state index contributed by atoms with van der Waals surface area (Å²) in [6, 6.07) is 5.68. The van der Waals surface area contributed by atoms with Crippen LogP contribution in [-0.4, -0.2) is 18.6 Å². The number of carbonyl (C=O) groups is 1. The van der Waals surface area contributed by atoms with E-state index in [-0.39, 0.29) is 5.91 Å². The number of hydrogen-bond donors (Lipinski definition) is 2. The molecule has 1 aromatic carbocycles. The lowest BCUT2D eigenvalue weighted by atomic mass is 10.2. The molecule has 1 aliphatic heterocycles. The van der Waals surface area contributed by atoms with Gasteiger partial charge in [-0.05, 0) is 32.0 Å². The summed E-state index contributed by atoms with van der Waals surface area (Å²) in [4.78, 5) is 11.4. The first-order valence-corrected chi connectivity index (χ1v) is 5.06. The van der Waals surface area contributed by atoms with Gasteiger partial charge in [-0.2, -0.15) is 0 Å². The maximum atomic E-state index is 11.4. The molecule has 0 aliphatic carbocycles. The Kier molecular flexibility index (Phi) is 2.49. The second-order valence-electron chi connectivity index (χ2n) is 3.49. The Balaban J connectivity index is 2.29. The molecule has 1 unspecified atom stereocenters. The van der Waals surface area contributed by atoms with Gasteiger partial charge in [0, 0.05) is 12.2 Å². The molecule has 2 rings (SSSR count). The van der Waals surface area contributed by atoms with Crippen molar-refractivity contribution in [3.05, 3.63) is 18.2 Å². The number of carbonyl (C=O) groups excluding carboxylic acids is 1. The zero-order valence-corrected chi connectivity index (χ0v) is 8.83. The van der Waals surface area contributed by atoms with Crippen molar-refractivity contribution in [2.75, 3.05) is 17.2 Å². The van der Waals surface area contributed by atoms with Gasteiger partial charge in [0.05, 0.1) is 5.69 Å². The summed E-state index contributed by atoms with van der Waals surface area (Å²) in [5, 5.41) is 5.98. The molecule has 1 aromatic rings. The number of benzene rings is 1. The van der Waals surface area contributed by atoms with Crippen LogP contribution < -0.4 is 15.4 Å². The van der Waals surface area contributed by atoms with Crippen LogP contribution in [-0.2, 0) is 4.79 Å². The lowest BCUT2D eigenvalue weighted by Gasteiger charge is -2.23. The highest BCUT2D eigenvalue weighted by molar-refractivity contribution is 5.98. The Morgan fingerprint density at radius 1 is 1.53 bits per heavy atom. The van der Waals surface area contributed by atoms with Gasteiger partial charge in [0.15, 0.2) is 6.10 Å². The summed E-state index contributed by atoms with van der Waals surface area (Å²) in [5.41, 5.74) is 1.71. The highest BCUT2D eigenvalue weighted by Gasteiger charge is 2.23. The van der Waals surface area contributed by atoms with Crippen molar-refractivity contribution >= 4 is 17.3 Å². The molecule has 80 valence electrons. The van der Waals surface area contributed by atoms with Gasteiger partial charge in [-0.3, -0.25) is 4.79 Å². The van der Waals surface area contributed by atoms with Crippen LogP contribution in [0.3, 0.4) is 0 Å². The third kappa shape index (κ3) is 1.88. The van der Waals surface area contributed by atoms with Crippen LogP contribution in [0.25, 0.3) is 0 Å². The number of nitrogens with one attached hydrogen (secondary N) is 2. The summed E-state index contributed by atoms with van der Waals surface area (Å²) in [6.45, 7) is 4.61. The zero-order valence-electron chi connectivity index (χ0n) is 8.83. The fraction of sp³-hybridized carbons (Fsp3) is 0.364. The third-order valence-electron chi connectivity index (χ3n) is 2.29. The molecule has 1 heterocycles. The molecule has 0 saturated carbocycles. The monoisotopic (exact) mass is 206 g/mol. The minimum atomic E-state index is -0.414. The van der Waals surface area contributed by atoms with Crippen LogP contribution in [0, 0.1) is 0 Å². The van der Waals surface area contributed by atoms with Crippen LogP contribution in [0.5, 0.6) is 5.75 Å². The molecule has 1 amide bonds. The SMILES string of the molecule is CCNc1ccc2c(c1)NC(=O)C(C)O2. The lowest BCUT2D eigenvalue weighted by Crippen LogP contribution is -2.34. The predicted molar refractivity (Wildman–Crippen MR) is 59.3 cm³/mol. The summed E-state index contributed by atoms with van der Waals surface area (Å²) in [7, 11) is 0. The number of rotatable bonds is 2. The van der Waals surface area contributed by atoms with Crippen molar-refractivity contribution in [1.82, 2.24) is 0 Å². The number of anilines is 2. The number of hydrogen-bond acceptors (Lipinski definition) is 3. The smallest absolute Gasteiger partial charge is 0.265 e. The molecule has 0 aromatic heterocycles. The molecule has 1 aliphatic rings. The molecule has 0 radical (unpaired) electrons. The normalized spacial score (nSPS) is 18.8. The highest BCUT2D eigenvalue weighted by Crippen LogP contribution is 2.31. The van der Waals surface area contributed by atoms with Crippen LogP contribution in [0.2, 0.25) is 0 Å². The number of amides is 1. The first kappa shape index (κ1) is 9.83. The molecule has 0 bridgehead atoms. The Hall–Kier alpha value is -1.71. The maximum absolute atomic E-state index is 11.4. The fourth-order valence-electron chi connectivity index (χ4n) is 1.52. The highest BCUT2D eigenvalue weighted by atomic mass is 16.5. The molecule has 4 nitrogen and oxygen atoms in total. The molecule has 0 fully saturated rings. The molecule has 0 spiro atoms. The largest absolute Gasteiger partial charge is 0.479 e. The van der Waals surface area contributed by atoms with Gasteiger partial charge in [0.1, 0.15) is 5.75 Å². The Bertz CT molecular complexity index is 390. The van der Waals surface area contributed by atoms with E-state index >= 15 is 0 Å². The van der Waals surface area contributed by atoms with Crippen molar-refractivity contribution < 1.29 is 9.53 Å². The van der Waals surface area contributed by atoms with Gasteiger partial charge >= 0.3 is 0 Å². The van der Waals surface area contributed by atoms with Crippen LogP contribution in [0.1, 0.15) is 13.8 Å². The topological polar surface area (TPSA) is 50.4 Å². The van der Waals surface area contributed by atoms with Gasteiger partial charge in [-0.15, -0.1) is 0 Å². The Morgan fingerprint density at radius 2 is 2.33 bits per heavy atom. The summed E-state index contributed by atoms with van der Waals surface area (Å²) in [5.74, 6) is 0.625. The van der Waals surface area contributed by atoms with Crippen LogP contribution in [0.4, 0.5) is 11.4 Å². The van der Waals surface area contributed by atoms with E-state index in [2.05, 4.69) is 10.6 Å². The first-order chi connectivity index (χ1) is 7.20. The molecule has 1 atom stereocenters. The minimum absolute atomic E-state index is 0.101. The molecule has 0 saturated heterocycles. The number of ether oxygens (including phenoxy) is 1. The van der Waals surface area contributed by atoms with E-state index in [0.29, 0.717) is 0 Å². The van der Waals surface area contributed by atoms with Crippen molar-refractivity contribution in [1.29, 1.82) is 0 Å². The van der Waals surface area contributed by atoms with E-state index in [0.717, 1.165) is 23.7 Å². The van der Waals surface area contributed by atoms with Crippen LogP contribution >= 0.6 is 0 Å². The van der Waals surface area contributed by atoms with E-state index < -0.39 is 6.10 Å². The quantitative estimate of drug-likeness (QED) is 0.776. The van der Waals surface area contributed by atoms with Crippen molar-refractivity contribution in [2.24, 2.45) is 0 Å². The van der Waals surface area contributed by atoms with Gasteiger partial charge in [0.25, 0.3) is 5.91 Å². The lowest BCUT2D eigenvalue weighted by molar-refractivity contribution is -0.122. The number of fused-ring (bicyclic) bond motifs is 1. The predicted octanol–water partition coefficient (Wildman–Crippen LogP) is 1.84. The second kappa shape index (κ2) is 3.81.